The second-order valence-corrected chi connectivity index (χ2v) is 5.28. The lowest BCUT2D eigenvalue weighted by atomic mass is 9.92. The van der Waals surface area contributed by atoms with E-state index in [9.17, 15) is 5.11 Å². The van der Waals surface area contributed by atoms with E-state index in [4.69, 9.17) is 0 Å². The molecule has 0 spiro atoms. The highest BCUT2D eigenvalue weighted by atomic mass is 32.2. The van der Waals surface area contributed by atoms with Crippen LogP contribution in [0.2, 0.25) is 0 Å². The lowest BCUT2D eigenvalue weighted by Crippen LogP contribution is -2.15. The Labute approximate surface area is 77.6 Å². The molecule has 3 unspecified atom stereocenters. The van der Waals surface area contributed by atoms with Crippen LogP contribution in [0, 0.1) is 5.92 Å². The van der Waals surface area contributed by atoms with Crippen LogP contribution in [0.3, 0.4) is 0 Å². The van der Waals surface area contributed by atoms with Gasteiger partial charge in [0.2, 0.25) is 0 Å². The van der Waals surface area contributed by atoms with Gasteiger partial charge in [-0.1, -0.05) is 19.9 Å². The Bertz CT molecular complexity index is 255. The maximum absolute atomic E-state index is 9.59. The van der Waals surface area contributed by atoms with Crippen LogP contribution in [-0.4, -0.2) is 15.6 Å². The smallest absolute Gasteiger partial charge is 0.115 e. The first kappa shape index (κ1) is 8.24. The van der Waals surface area contributed by atoms with Crippen molar-refractivity contribution in [3.8, 4) is 0 Å². The van der Waals surface area contributed by atoms with Crippen molar-refractivity contribution in [3.63, 3.8) is 0 Å². The Balaban J connectivity index is 2.31. The average Bonchev–Trinajstić information content (AvgIpc) is 2.41. The van der Waals surface area contributed by atoms with Crippen LogP contribution in [0.4, 0.5) is 0 Å². The van der Waals surface area contributed by atoms with Crippen molar-refractivity contribution >= 4 is 11.8 Å². The lowest BCUT2D eigenvalue weighted by molar-refractivity contribution is 0.413. The molecule has 12 heavy (non-hydrogen) atoms. The molecule has 3 atom stereocenters. The Morgan fingerprint density at radius 1 is 1.50 bits per heavy atom. The van der Waals surface area contributed by atoms with Gasteiger partial charge in [0, 0.05) is 10.5 Å². The molecule has 1 fully saturated rings. The first-order chi connectivity index (χ1) is 5.68. The van der Waals surface area contributed by atoms with Gasteiger partial charge in [-0.05, 0) is 24.0 Å². The summed E-state index contributed by atoms with van der Waals surface area (Å²) in [5.41, 5.74) is 1.27. The second-order valence-electron chi connectivity index (χ2n) is 3.70. The summed E-state index contributed by atoms with van der Waals surface area (Å²) >= 11 is 1.99. The predicted octanol–water partition coefficient (Wildman–Crippen LogP) is 2.90. The molecule has 0 bridgehead atoms. The van der Waals surface area contributed by atoms with E-state index in [2.05, 4.69) is 19.9 Å². The molecule has 1 aliphatic heterocycles. The van der Waals surface area contributed by atoms with Crippen LogP contribution >= 0.6 is 11.8 Å². The number of allylic oxidation sites excluding steroid dienone is 2. The van der Waals surface area contributed by atoms with Crippen molar-refractivity contribution in [1.82, 2.24) is 0 Å². The van der Waals surface area contributed by atoms with Gasteiger partial charge in [-0.2, -0.15) is 0 Å². The lowest BCUT2D eigenvalue weighted by Gasteiger charge is -2.21. The van der Waals surface area contributed by atoms with Crippen molar-refractivity contribution in [1.29, 1.82) is 0 Å². The molecule has 66 valence electrons. The second kappa shape index (κ2) is 2.84. The highest BCUT2D eigenvalue weighted by Gasteiger charge is 2.34. The summed E-state index contributed by atoms with van der Waals surface area (Å²) in [6.07, 6.45) is 5.03. The van der Waals surface area contributed by atoms with Crippen molar-refractivity contribution in [3.05, 3.63) is 23.5 Å². The third kappa shape index (κ3) is 1.18. The highest BCUT2D eigenvalue weighted by Crippen LogP contribution is 2.45. The fraction of sp³-hybridized carbons (Fsp3) is 0.600. The summed E-state index contributed by atoms with van der Waals surface area (Å²) < 4.78 is 0. The van der Waals surface area contributed by atoms with Gasteiger partial charge in [0.05, 0.1) is 0 Å². The molecule has 1 N–H and O–H groups in total. The van der Waals surface area contributed by atoms with Gasteiger partial charge in [-0.25, -0.2) is 0 Å². The largest absolute Gasteiger partial charge is 0.508 e. The Morgan fingerprint density at radius 3 is 2.92 bits per heavy atom. The highest BCUT2D eigenvalue weighted by molar-refractivity contribution is 8.01. The molecule has 0 aromatic heterocycles. The molecule has 1 nitrogen and oxygen atoms in total. The molecule has 0 radical (unpaired) electrons. The van der Waals surface area contributed by atoms with Crippen LogP contribution in [0.25, 0.3) is 0 Å². The minimum atomic E-state index is 0.523. The zero-order chi connectivity index (χ0) is 8.72. The van der Waals surface area contributed by atoms with E-state index in [0.29, 0.717) is 22.2 Å². The molecular formula is C10H14OS. The molecule has 0 amide bonds. The summed E-state index contributed by atoms with van der Waals surface area (Å²) in [4.78, 5) is 0. The fourth-order valence-corrected chi connectivity index (χ4v) is 3.44. The number of aliphatic hydroxyl groups excluding tert-OH is 1. The molecule has 2 rings (SSSR count). The van der Waals surface area contributed by atoms with Gasteiger partial charge < -0.3 is 5.11 Å². The summed E-state index contributed by atoms with van der Waals surface area (Å²) in [7, 11) is 0. The minimum absolute atomic E-state index is 0.523. The molecule has 1 saturated heterocycles. The molecule has 1 aliphatic carbocycles. The van der Waals surface area contributed by atoms with Crippen molar-refractivity contribution in [2.24, 2.45) is 5.92 Å². The van der Waals surface area contributed by atoms with E-state index in [1.165, 1.54) is 5.57 Å². The molecule has 0 saturated carbocycles. The van der Waals surface area contributed by atoms with E-state index in [-0.39, 0.29) is 0 Å². The third-order valence-corrected chi connectivity index (χ3v) is 4.23. The van der Waals surface area contributed by atoms with Crippen LogP contribution < -0.4 is 0 Å². The monoisotopic (exact) mass is 182 g/mol. The van der Waals surface area contributed by atoms with Gasteiger partial charge in [-0.15, -0.1) is 11.8 Å². The number of hydrogen-bond acceptors (Lipinski definition) is 2. The number of aliphatic hydroxyl groups is 1. The summed E-state index contributed by atoms with van der Waals surface area (Å²) in [6, 6.07) is 0. The molecule has 0 aromatic rings. The topological polar surface area (TPSA) is 20.2 Å². The fourth-order valence-electron chi connectivity index (χ4n) is 1.95. The first-order valence-corrected chi connectivity index (χ1v) is 5.38. The zero-order valence-electron chi connectivity index (χ0n) is 7.45. The number of rotatable bonds is 0. The quantitative estimate of drug-likeness (QED) is 0.621. The van der Waals surface area contributed by atoms with E-state index in [1.807, 2.05) is 17.8 Å². The van der Waals surface area contributed by atoms with Crippen LogP contribution in [0.5, 0.6) is 0 Å². The maximum Gasteiger partial charge on any atom is 0.115 e. The van der Waals surface area contributed by atoms with Crippen LogP contribution in [0.15, 0.2) is 23.5 Å². The van der Waals surface area contributed by atoms with E-state index in [1.54, 1.807) is 0 Å². The van der Waals surface area contributed by atoms with Crippen molar-refractivity contribution in [2.45, 2.75) is 30.8 Å². The van der Waals surface area contributed by atoms with Gasteiger partial charge in [0.1, 0.15) is 5.76 Å². The molecular weight excluding hydrogens is 168 g/mol. The standard InChI is InChI=1S/C10H14OS/c1-6-3-4-9(11)8-5-7(2)12-10(6)8/h3-4,6-7,10-11H,5H2,1-2H3. The minimum Gasteiger partial charge on any atom is -0.508 e. The van der Waals surface area contributed by atoms with Gasteiger partial charge in [-0.3, -0.25) is 0 Å². The van der Waals surface area contributed by atoms with Crippen molar-refractivity contribution in [2.75, 3.05) is 0 Å². The predicted molar refractivity (Wildman–Crippen MR) is 53.4 cm³/mol. The van der Waals surface area contributed by atoms with Gasteiger partial charge in [0.25, 0.3) is 0 Å². The molecule has 2 heteroatoms. The Kier molecular flexibility index (Phi) is 1.95. The zero-order valence-corrected chi connectivity index (χ0v) is 8.27. The third-order valence-electron chi connectivity index (χ3n) is 2.59. The van der Waals surface area contributed by atoms with E-state index >= 15 is 0 Å². The summed E-state index contributed by atoms with van der Waals surface area (Å²) in [5.74, 6) is 1.11. The number of hydrogen-bond donors (Lipinski definition) is 1. The Hall–Kier alpha value is -0.370. The van der Waals surface area contributed by atoms with E-state index < -0.39 is 0 Å². The number of thioether (sulfide) groups is 1. The SMILES string of the molecule is CC1CC2=C(O)C=CC(C)C2S1. The Morgan fingerprint density at radius 2 is 2.25 bits per heavy atom. The average molecular weight is 182 g/mol. The van der Waals surface area contributed by atoms with Gasteiger partial charge >= 0.3 is 0 Å². The van der Waals surface area contributed by atoms with Crippen LogP contribution in [-0.2, 0) is 0 Å². The molecule has 1 heterocycles. The van der Waals surface area contributed by atoms with Gasteiger partial charge in [0.15, 0.2) is 0 Å². The molecule has 2 aliphatic rings. The molecule has 0 aromatic carbocycles. The van der Waals surface area contributed by atoms with Crippen molar-refractivity contribution < 1.29 is 5.11 Å². The van der Waals surface area contributed by atoms with Crippen LogP contribution in [0.1, 0.15) is 20.3 Å². The summed E-state index contributed by atoms with van der Waals surface area (Å²) in [6.45, 7) is 4.45. The normalized spacial score (nSPS) is 40.3. The maximum atomic E-state index is 9.59. The first-order valence-electron chi connectivity index (χ1n) is 4.44. The number of fused-ring (bicyclic) bond motifs is 1. The summed E-state index contributed by atoms with van der Waals surface area (Å²) in [5, 5.41) is 10.8. The van der Waals surface area contributed by atoms with E-state index in [0.717, 1.165) is 6.42 Å².